The first-order chi connectivity index (χ1) is 9.22. The number of nitrogens with two attached hydrogens (primary N) is 1. The lowest BCUT2D eigenvalue weighted by Crippen LogP contribution is -2.26. The molecule has 0 fully saturated rings. The van der Waals surface area contributed by atoms with Gasteiger partial charge in [-0.05, 0) is 31.0 Å². The second-order valence-corrected chi connectivity index (χ2v) is 4.77. The Balaban J connectivity index is 1.96. The molecule has 1 aromatic heterocycles. The van der Waals surface area contributed by atoms with Gasteiger partial charge in [0.1, 0.15) is 0 Å². The molecule has 0 bridgehead atoms. The Morgan fingerprint density at radius 3 is 2.95 bits per heavy atom. The first-order valence-electron chi connectivity index (χ1n) is 6.72. The lowest BCUT2D eigenvalue weighted by Gasteiger charge is -2.03. The van der Waals surface area contributed by atoms with E-state index in [-0.39, 0.29) is 5.91 Å². The molecular formula is C15H21N3O. The van der Waals surface area contributed by atoms with Gasteiger partial charge < -0.3 is 15.6 Å². The van der Waals surface area contributed by atoms with E-state index in [0.717, 1.165) is 12.8 Å². The summed E-state index contributed by atoms with van der Waals surface area (Å²) in [5.41, 5.74) is 7.83. The van der Waals surface area contributed by atoms with E-state index in [4.69, 9.17) is 5.73 Å². The average Bonchev–Trinajstić information content (AvgIpc) is 2.74. The summed E-state index contributed by atoms with van der Waals surface area (Å²) in [5, 5.41) is 4.12. The highest BCUT2D eigenvalue weighted by Gasteiger charge is 2.07. The zero-order valence-electron chi connectivity index (χ0n) is 11.4. The quantitative estimate of drug-likeness (QED) is 0.774. The number of amides is 1. The predicted octanol–water partition coefficient (Wildman–Crippen LogP) is 1.58. The molecule has 0 aliphatic rings. The van der Waals surface area contributed by atoms with Gasteiger partial charge in [-0.1, -0.05) is 18.2 Å². The number of aromatic nitrogens is 1. The maximum absolute atomic E-state index is 11.7. The van der Waals surface area contributed by atoms with Crippen molar-refractivity contribution in [1.29, 1.82) is 0 Å². The van der Waals surface area contributed by atoms with Gasteiger partial charge in [-0.25, -0.2) is 0 Å². The first-order valence-corrected chi connectivity index (χ1v) is 6.72. The van der Waals surface area contributed by atoms with E-state index in [9.17, 15) is 4.79 Å². The van der Waals surface area contributed by atoms with Crippen LogP contribution in [0.15, 0.2) is 30.5 Å². The number of carbonyl (C=O) groups excluding carboxylic acids is 1. The third-order valence-electron chi connectivity index (χ3n) is 3.30. The molecule has 1 aromatic carbocycles. The van der Waals surface area contributed by atoms with Crippen molar-refractivity contribution >= 4 is 16.8 Å². The summed E-state index contributed by atoms with van der Waals surface area (Å²) in [7, 11) is 2.03. The number of rotatable bonds is 6. The summed E-state index contributed by atoms with van der Waals surface area (Å²) in [5.74, 6) is 0.0985. The van der Waals surface area contributed by atoms with Crippen molar-refractivity contribution in [3.8, 4) is 0 Å². The van der Waals surface area contributed by atoms with Gasteiger partial charge in [0.2, 0.25) is 5.91 Å². The van der Waals surface area contributed by atoms with Gasteiger partial charge in [0, 0.05) is 37.1 Å². The molecule has 4 nitrogen and oxygen atoms in total. The van der Waals surface area contributed by atoms with Crippen molar-refractivity contribution in [2.75, 3.05) is 13.1 Å². The van der Waals surface area contributed by atoms with E-state index in [1.807, 2.05) is 19.2 Å². The number of para-hydroxylation sites is 1. The molecule has 0 unspecified atom stereocenters. The molecule has 0 aliphatic heterocycles. The second-order valence-electron chi connectivity index (χ2n) is 4.77. The van der Waals surface area contributed by atoms with E-state index in [0.29, 0.717) is 19.5 Å². The first kappa shape index (κ1) is 13.6. The van der Waals surface area contributed by atoms with Crippen molar-refractivity contribution < 1.29 is 4.79 Å². The van der Waals surface area contributed by atoms with Crippen molar-refractivity contribution in [2.24, 2.45) is 12.8 Å². The molecule has 0 radical (unpaired) electrons. The van der Waals surface area contributed by atoms with Crippen LogP contribution in [0.1, 0.15) is 18.4 Å². The molecule has 0 aliphatic carbocycles. The van der Waals surface area contributed by atoms with Gasteiger partial charge in [-0.3, -0.25) is 4.79 Å². The molecule has 102 valence electrons. The van der Waals surface area contributed by atoms with Gasteiger partial charge in [0.25, 0.3) is 0 Å². The third-order valence-corrected chi connectivity index (χ3v) is 3.30. The van der Waals surface area contributed by atoms with Gasteiger partial charge in [0.05, 0.1) is 0 Å². The number of hydrogen-bond donors (Lipinski definition) is 2. The standard InChI is InChI=1S/C15H21N3O/c1-18-11-12(13-5-2-3-6-14(13)18)7-8-15(19)17-10-4-9-16/h2-3,5-6,11H,4,7-10,16H2,1H3,(H,17,19). The van der Waals surface area contributed by atoms with Crippen LogP contribution < -0.4 is 11.1 Å². The minimum Gasteiger partial charge on any atom is -0.356 e. The molecule has 3 N–H and O–H groups in total. The lowest BCUT2D eigenvalue weighted by molar-refractivity contribution is -0.121. The van der Waals surface area contributed by atoms with Crippen LogP contribution >= 0.6 is 0 Å². The normalized spacial score (nSPS) is 10.8. The summed E-state index contributed by atoms with van der Waals surface area (Å²) in [6.45, 7) is 1.29. The van der Waals surface area contributed by atoms with Crippen molar-refractivity contribution in [2.45, 2.75) is 19.3 Å². The summed E-state index contributed by atoms with van der Waals surface area (Å²) < 4.78 is 2.11. The monoisotopic (exact) mass is 259 g/mol. The van der Waals surface area contributed by atoms with Gasteiger partial charge in [-0.2, -0.15) is 0 Å². The Morgan fingerprint density at radius 2 is 2.16 bits per heavy atom. The van der Waals surface area contributed by atoms with Gasteiger partial charge in [-0.15, -0.1) is 0 Å². The smallest absolute Gasteiger partial charge is 0.220 e. The molecule has 2 aromatic rings. The van der Waals surface area contributed by atoms with E-state index >= 15 is 0 Å². The fourth-order valence-corrected chi connectivity index (χ4v) is 2.29. The molecule has 4 heteroatoms. The highest BCUT2D eigenvalue weighted by atomic mass is 16.1. The molecule has 2 rings (SSSR count). The van der Waals surface area contributed by atoms with Crippen molar-refractivity contribution in [3.05, 3.63) is 36.0 Å². The fraction of sp³-hybridized carbons (Fsp3) is 0.400. The molecule has 1 heterocycles. The van der Waals surface area contributed by atoms with Crippen molar-refractivity contribution in [3.63, 3.8) is 0 Å². The molecule has 1 amide bonds. The van der Waals surface area contributed by atoms with Crippen LogP contribution in [0.25, 0.3) is 10.9 Å². The van der Waals surface area contributed by atoms with Crippen molar-refractivity contribution in [1.82, 2.24) is 9.88 Å². The number of nitrogens with one attached hydrogen (secondary N) is 1. The number of benzene rings is 1. The molecule has 19 heavy (non-hydrogen) atoms. The zero-order chi connectivity index (χ0) is 13.7. The highest BCUT2D eigenvalue weighted by Crippen LogP contribution is 2.21. The Hall–Kier alpha value is -1.81. The summed E-state index contributed by atoms with van der Waals surface area (Å²) in [6.07, 6.45) is 4.24. The Morgan fingerprint density at radius 1 is 1.37 bits per heavy atom. The molecule has 0 saturated carbocycles. The summed E-state index contributed by atoms with van der Waals surface area (Å²) in [6, 6.07) is 8.27. The zero-order valence-corrected chi connectivity index (χ0v) is 11.4. The number of carbonyl (C=O) groups is 1. The van der Waals surface area contributed by atoms with Crippen LogP contribution in [-0.4, -0.2) is 23.6 Å². The summed E-state index contributed by atoms with van der Waals surface area (Å²) in [4.78, 5) is 11.7. The average molecular weight is 259 g/mol. The van der Waals surface area contributed by atoms with Crippen LogP contribution in [0.5, 0.6) is 0 Å². The number of hydrogen-bond acceptors (Lipinski definition) is 2. The van der Waals surface area contributed by atoms with E-state index < -0.39 is 0 Å². The number of fused-ring (bicyclic) bond motifs is 1. The van der Waals surface area contributed by atoms with Gasteiger partial charge in [0.15, 0.2) is 0 Å². The third kappa shape index (κ3) is 3.35. The second kappa shape index (κ2) is 6.38. The Labute approximate surface area is 113 Å². The molecule has 0 saturated heterocycles. The van der Waals surface area contributed by atoms with Crippen LogP contribution in [0.2, 0.25) is 0 Å². The van der Waals surface area contributed by atoms with Crippen LogP contribution in [0.4, 0.5) is 0 Å². The Kier molecular flexibility index (Phi) is 4.58. The largest absolute Gasteiger partial charge is 0.356 e. The van der Waals surface area contributed by atoms with Crippen LogP contribution in [-0.2, 0) is 18.3 Å². The minimum atomic E-state index is 0.0985. The van der Waals surface area contributed by atoms with Crippen LogP contribution in [0, 0.1) is 0 Å². The molecular weight excluding hydrogens is 238 g/mol. The predicted molar refractivity (Wildman–Crippen MR) is 77.9 cm³/mol. The summed E-state index contributed by atoms with van der Waals surface area (Å²) >= 11 is 0. The fourth-order valence-electron chi connectivity index (χ4n) is 2.29. The Bertz CT molecular complexity index is 560. The van der Waals surface area contributed by atoms with Crippen LogP contribution in [0.3, 0.4) is 0 Å². The number of aryl methyl sites for hydroxylation is 2. The lowest BCUT2D eigenvalue weighted by atomic mass is 10.1. The highest BCUT2D eigenvalue weighted by molar-refractivity contribution is 5.84. The molecule has 0 spiro atoms. The maximum Gasteiger partial charge on any atom is 0.220 e. The van der Waals surface area contributed by atoms with E-state index in [1.165, 1.54) is 16.5 Å². The minimum absolute atomic E-state index is 0.0985. The molecule has 0 atom stereocenters. The van der Waals surface area contributed by atoms with E-state index in [1.54, 1.807) is 0 Å². The SMILES string of the molecule is Cn1cc(CCC(=O)NCCCN)c2ccccc21. The van der Waals surface area contributed by atoms with E-state index in [2.05, 4.69) is 28.2 Å². The van der Waals surface area contributed by atoms with Gasteiger partial charge >= 0.3 is 0 Å². The number of nitrogens with zero attached hydrogens (tertiary/aromatic N) is 1. The maximum atomic E-state index is 11.7. The topological polar surface area (TPSA) is 60.0 Å².